The molecule has 1 atom stereocenters. The summed E-state index contributed by atoms with van der Waals surface area (Å²) in [5.41, 5.74) is 2.06. The molecule has 0 radical (unpaired) electrons. The fraction of sp³-hybridized carbons (Fsp3) is 0.480. The molecule has 1 saturated carbocycles. The highest BCUT2D eigenvalue weighted by atomic mass is 19.1. The molecule has 0 N–H and O–H groups in total. The summed E-state index contributed by atoms with van der Waals surface area (Å²) in [6.07, 6.45) is 4.61. The van der Waals surface area contributed by atoms with Gasteiger partial charge in [-0.05, 0) is 59.7 Å². The molecule has 3 aromatic rings. The zero-order valence-corrected chi connectivity index (χ0v) is 19.7. The number of tetrazole rings is 1. The zero-order valence-electron chi connectivity index (χ0n) is 19.7. The van der Waals surface area contributed by atoms with Crippen molar-refractivity contribution in [3.05, 3.63) is 59.7 Å². The number of anilines is 1. The van der Waals surface area contributed by atoms with Crippen molar-refractivity contribution in [1.82, 2.24) is 25.1 Å². The van der Waals surface area contributed by atoms with Crippen LogP contribution >= 0.6 is 0 Å². The van der Waals surface area contributed by atoms with Crippen molar-refractivity contribution in [3.8, 4) is 11.5 Å². The van der Waals surface area contributed by atoms with Gasteiger partial charge in [-0.3, -0.25) is 4.90 Å². The van der Waals surface area contributed by atoms with Gasteiger partial charge in [0.15, 0.2) is 5.82 Å². The fourth-order valence-corrected chi connectivity index (χ4v) is 5.22. The minimum atomic E-state index is -0.215. The average molecular weight is 467 g/mol. The van der Waals surface area contributed by atoms with Crippen LogP contribution in [0.4, 0.5) is 10.1 Å². The maximum atomic E-state index is 13.4. The second-order valence-electron chi connectivity index (χ2n) is 8.93. The predicted octanol–water partition coefficient (Wildman–Crippen LogP) is 3.86. The molecule has 9 heteroatoms. The summed E-state index contributed by atoms with van der Waals surface area (Å²) in [5, 5.41) is 13.0. The van der Waals surface area contributed by atoms with Crippen LogP contribution in [0.3, 0.4) is 0 Å². The van der Waals surface area contributed by atoms with Gasteiger partial charge in [0.25, 0.3) is 0 Å². The Labute approximate surface area is 199 Å². The van der Waals surface area contributed by atoms with Crippen LogP contribution < -0.4 is 14.4 Å². The van der Waals surface area contributed by atoms with E-state index in [-0.39, 0.29) is 11.9 Å². The lowest BCUT2D eigenvalue weighted by atomic mass is 10.0. The molecule has 2 fully saturated rings. The third-order valence-corrected chi connectivity index (χ3v) is 7.04. The summed E-state index contributed by atoms with van der Waals surface area (Å²) in [7, 11) is 3.34. The van der Waals surface area contributed by atoms with Gasteiger partial charge in [-0.2, -0.15) is 0 Å². The van der Waals surface area contributed by atoms with Crippen molar-refractivity contribution < 1.29 is 13.9 Å². The Morgan fingerprint density at radius 1 is 0.941 bits per heavy atom. The van der Waals surface area contributed by atoms with Gasteiger partial charge in [-0.1, -0.05) is 12.8 Å². The first-order chi connectivity index (χ1) is 16.7. The van der Waals surface area contributed by atoms with Gasteiger partial charge in [0.1, 0.15) is 23.4 Å². The molecular formula is C25H31FN6O2. The summed E-state index contributed by atoms with van der Waals surface area (Å²) in [5.74, 6) is 2.14. The molecule has 2 aromatic carbocycles. The molecule has 0 spiro atoms. The number of aromatic nitrogens is 4. The van der Waals surface area contributed by atoms with Gasteiger partial charge >= 0.3 is 0 Å². The van der Waals surface area contributed by atoms with Crippen LogP contribution in [0, 0.1) is 5.82 Å². The van der Waals surface area contributed by atoms with Crippen molar-refractivity contribution >= 4 is 5.69 Å². The van der Waals surface area contributed by atoms with Crippen LogP contribution in [0.1, 0.15) is 49.2 Å². The first-order valence-electron chi connectivity index (χ1n) is 11.9. The maximum Gasteiger partial charge on any atom is 0.173 e. The van der Waals surface area contributed by atoms with E-state index in [0.717, 1.165) is 67.6 Å². The Bertz CT molecular complexity index is 1090. The minimum Gasteiger partial charge on any atom is -0.497 e. The molecule has 2 aliphatic rings. The lowest BCUT2D eigenvalue weighted by molar-refractivity contribution is 0.194. The highest BCUT2D eigenvalue weighted by Gasteiger charge is 2.34. The largest absolute Gasteiger partial charge is 0.497 e. The van der Waals surface area contributed by atoms with E-state index in [1.165, 1.54) is 25.0 Å². The van der Waals surface area contributed by atoms with E-state index in [4.69, 9.17) is 9.47 Å². The SMILES string of the molecule is COc1ccc(C(c2nnnn2C2CCCC2)N2CCN(c3ccc(F)cc3)CC2)c(OC)c1. The summed E-state index contributed by atoms with van der Waals surface area (Å²) in [4.78, 5) is 4.71. The molecule has 0 bridgehead atoms. The standard InChI is InChI=1S/C25H31FN6O2/c1-33-21-11-12-22(23(17-21)34-2)24(25-27-28-29-32(25)20-5-3-4-6-20)31-15-13-30(14-16-31)19-9-7-18(26)8-10-19/h7-12,17,20,24H,3-6,13-16H2,1-2H3. The number of benzene rings is 2. The number of halogens is 1. The molecule has 5 rings (SSSR count). The maximum absolute atomic E-state index is 13.4. The second kappa shape index (κ2) is 9.97. The van der Waals surface area contributed by atoms with E-state index < -0.39 is 0 Å². The third-order valence-electron chi connectivity index (χ3n) is 7.04. The number of hydrogen-bond acceptors (Lipinski definition) is 7. The van der Waals surface area contributed by atoms with E-state index in [1.54, 1.807) is 14.2 Å². The third kappa shape index (κ3) is 4.44. The number of ether oxygens (including phenoxy) is 2. The number of nitrogens with zero attached hydrogens (tertiary/aromatic N) is 6. The summed E-state index contributed by atoms with van der Waals surface area (Å²) < 4.78 is 26.7. The predicted molar refractivity (Wildman–Crippen MR) is 127 cm³/mol. The molecule has 8 nitrogen and oxygen atoms in total. The monoisotopic (exact) mass is 466 g/mol. The van der Waals surface area contributed by atoms with Crippen LogP contribution in [-0.4, -0.2) is 65.5 Å². The molecule has 1 aliphatic carbocycles. The molecule has 180 valence electrons. The van der Waals surface area contributed by atoms with Crippen molar-refractivity contribution in [3.63, 3.8) is 0 Å². The van der Waals surface area contributed by atoms with Gasteiger partial charge in [0.2, 0.25) is 0 Å². The molecule has 34 heavy (non-hydrogen) atoms. The Balaban J connectivity index is 1.47. The van der Waals surface area contributed by atoms with E-state index in [1.807, 2.05) is 28.9 Å². The van der Waals surface area contributed by atoms with Crippen LogP contribution in [0.25, 0.3) is 0 Å². The molecule has 0 amide bonds. The van der Waals surface area contributed by atoms with E-state index in [9.17, 15) is 4.39 Å². The van der Waals surface area contributed by atoms with E-state index >= 15 is 0 Å². The van der Waals surface area contributed by atoms with Gasteiger partial charge in [-0.25, -0.2) is 9.07 Å². The smallest absolute Gasteiger partial charge is 0.173 e. The number of hydrogen-bond donors (Lipinski definition) is 0. The quantitative estimate of drug-likeness (QED) is 0.524. The fourth-order valence-electron chi connectivity index (χ4n) is 5.22. The lowest BCUT2D eigenvalue weighted by Crippen LogP contribution is -2.48. The Morgan fingerprint density at radius 2 is 1.68 bits per heavy atom. The number of piperazine rings is 1. The van der Waals surface area contributed by atoms with Crippen molar-refractivity contribution in [2.45, 2.75) is 37.8 Å². The van der Waals surface area contributed by atoms with Crippen molar-refractivity contribution in [2.24, 2.45) is 0 Å². The van der Waals surface area contributed by atoms with E-state index in [0.29, 0.717) is 6.04 Å². The zero-order chi connectivity index (χ0) is 23.5. The Morgan fingerprint density at radius 3 is 2.35 bits per heavy atom. The second-order valence-corrected chi connectivity index (χ2v) is 8.93. The highest BCUT2D eigenvalue weighted by Crippen LogP contribution is 2.39. The first kappa shape index (κ1) is 22.6. The topological polar surface area (TPSA) is 68.5 Å². The Hall–Kier alpha value is -3.20. The number of rotatable bonds is 7. The van der Waals surface area contributed by atoms with Gasteiger partial charge < -0.3 is 14.4 Å². The normalized spacial score (nSPS) is 18.3. The van der Waals surface area contributed by atoms with Crippen LogP contribution in [0.5, 0.6) is 11.5 Å². The Kier molecular flexibility index (Phi) is 6.62. The minimum absolute atomic E-state index is 0.146. The summed E-state index contributed by atoms with van der Waals surface area (Å²) in [6.45, 7) is 3.28. The van der Waals surface area contributed by atoms with E-state index in [2.05, 4.69) is 31.4 Å². The average Bonchev–Trinajstić information content (AvgIpc) is 3.58. The lowest BCUT2D eigenvalue weighted by Gasteiger charge is -2.40. The van der Waals surface area contributed by atoms with Gasteiger partial charge in [0, 0.05) is 43.5 Å². The molecule has 1 unspecified atom stereocenters. The highest BCUT2D eigenvalue weighted by molar-refractivity contribution is 5.47. The van der Waals surface area contributed by atoms with Crippen molar-refractivity contribution in [2.75, 3.05) is 45.3 Å². The first-order valence-corrected chi connectivity index (χ1v) is 11.9. The number of methoxy groups -OCH3 is 2. The molecule has 2 heterocycles. The van der Waals surface area contributed by atoms with Crippen molar-refractivity contribution in [1.29, 1.82) is 0 Å². The van der Waals surface area contributed by atoms with Gasteiger partial charge in [-0.15, -0.1) is 5.10 Å². The van der Waals surface area contributed by atoms with Crippen LogP contribution in [-0.2, 0) is 0 Å². The molecule has 1 aromatic heterocycles. The molecule has 1 aliphatic heterocycles. The van der Waals surface area contributed by atoms with Gasteiger partial charge in [0.05, 0.1) is 20.3 Å². The summed E-state index contributed by atoms with van der Waals surface area (Å²) >= 11 is 0. The van der Waals surface area contributed by atoms with Crippen LogP contribution in [0.2, 0.25) is 0 Å². The summed E-state index contributed by atoms with van der Waals surface area (Å²) in [6, 6.07) is 12.8. The van der Waals surface area contributed by atoms with Crippen LogP contribution in [0.15, 0.2) is 42.5 Å². The molecule has 1 saturated heterocycles. The molecular weight excluding hydrogens is 435 g/mol.